The molecule has 2 aliphatic rings. The van der Waals surface area contributed by atoms with Crippen molar-refractivity contribution in [1.29, 1.82) is 0 Å². The first-order valence-electron chi connectivity index (χ1n) is 9.62. The number of hydrogen-bond acceptors (Lipinski definition) is 1. The van der Waals surface area contributed by atoms with Gasteiger partial charge in [-0.25, -0.2) is 4.39 Å². The van der Waals surface area contributed by atoms with Gasteiger partial charge >= 0.3 is 0 Å². The van der Waals surface area contributed by atoms with E-state index in [0.717, 1.165) is 29.1 Å². The van der Waals surface area contributed by atoms with Crippen LogP contribution < -0.4 is 0 Å². The number of rotatable bonds is 2. The largest absolute Gasteiger partial charge is 0.320 e. The van der Waals surface area contributed by atoms with Crippen LogP contribution in [0.3, 0.4) is 0 Å². The number of benzene rings is 2. The summed E-state index contributed by atoms with van der Waals surface area (Å²) in [5.74, 6) is -0.202. The predicted molar refractivity (Wildman–Crippen MR) is 110 cm³/mol. The molecule has 5 rings (SSSR count). The molecule has 1 aromatic heterocycles. The quantitative estimate of drug-likeness (QED) is 0.518. The Kier molecular flexibility index (Phi) is 4.10. The summed E-state index contributed by atoms with van der Waals surface area (Å²) in [6.07, 6.45) is 5.74. The molecule has 0 spiro atoms. The number of halogens is 2. The Balaban J connectivity index is 1.71. The molecule has 27 heavy (non-hydrogen) atoms. The second-order valence-corrected chi connectivity index (χ2v) is 8.09. The molecule has 2 aliphatic heterocycles. The zero-order valence-electron chi connectivity index (χ0n) is 15.4. The highest BCUT2D eigenvalue weighted by Crippen LogP contribution is 2.43. The lowest BCUT2D eigenvalue weighted by Crippen LogP contribution is -2.31. The van der Waals surface area contributed by atoms with Crippen molar-refractivity contribution in [1.82, 2.24) is 9.47 Å². The van der Waals surface area contributed by atoms with E-state index in [1.807, 2.05) is 18.2 Å². The maximum absolute atomic E-state index is 13.3. The second kappa shape index (κ2) is 6.50. The van der Waals surface area contributed by atoms with E-state index in [4.69, 9.17) is 11.6 Å². The van der Waals surface area contributed by atoms with Crippen molar-refractivity contribution < 1.29 is 4.39 Å². The Morgan fingerprint density at radius 1 is 1.15 bits per heavy atom. The fraction of sp³-hybridized carbons (Fsp3) is 0.304. The molecule has 1 saturated heterocycles. The van der Waals surface area contributed by atoms with Gasteiger partial charge in [0, 0.05) is 41.3 Å². The number of aromatic nitrogens is 1. The molecular formula is C23H22ClFN2. The van der Waals surface area contributed by atoms with Gasteiger partial charge in [0.15, 0.2) is 0 Å². The van der Waals surface area contributed by atoms with E-state index in [1.54, 1.807) is 0 Å². The summed E-state index contributed by atoms with van der Waals surface area (Å²) < 4.78 is 15.6. The van der Waals surface area contributed by atoms with Gasteiger partial charge in [0.1, 0.15) is 5.82 Å². The minimum Gasteiger partial charge on any atom is -0.320 e. The van der Waals surface area contributed by atoms with Crippen LogP contribution in [0.5, 0.6) is 0 Å². The van der Waals surface area contributed by atoms with Crippen LogP contribution in [0, 0.1) is 5.82 Å². The highest BCUT2D eigenvalue weighted by molar-refractivity contribution is 6.31. The average Bonchev–Trinajstić information content (AvgIpc) is 3.25. The SMILES string of the molecule is C/C(=C\n1c2c(c3cc(Cl)ccc31)C1CCCN1CC2)c1ccc(F)cc1. The Labute approximate surface area is 163 Å². The fourth-order valence-corrected chi connectivity index (χ4v) is 4.96. The Morgan fingerprint density at radius 3 is 2.78 bits per heavy atom. The Hall–Kier alpha value is -2.10. The van der Waals surface area contributed by atoms with E-state index in [-0.39, 0.29) is 5.82 Å². The molecule has 1 fully saturated rings. The summed E-state index contributed by atoms with van der Waals surface area (Å²) in [6.45, 7) is 4.40. The van der Waals surface area contributed by atoms with Gasteiger partial charge in [-0.15, -0.1) is 0 Å². The second-order valence-electron chi connectivity index (χ2n) is 7.65. The number of hydrogen-bond donors (Lipinski definition) is 0. The van der Waals surface area contributed by atoms with Crippen LogP contribution in [-0.4, -0.2) is 22.6 Å². The number of nitrogens with zero attached hydrogens (tertiary/aromatic N) is 2. The molecule has 2 nitrogen and oxygen atoms in total. The van der Waals surface area contributed by atoms with Crippen LogP contribution in [0.4, 0.5) is 4.39 Å². The summed E-state index contributed by atoms with van der Waals surface area (Å²) in [5.41, 5.74) is 6.23. The van der Waals surface area contributed by atoms with Crippen LogP contribution in [0.2, 0.25) is 5.02 Å². The Bertz CT molecular complexity index is 1050. The first-order chi connectivity index (χ1) is 13.1. The van der Waals surface area contributed by atoms with Gasteiger partial charge in [-0.2, -0.15) is 0 Å². The van der Waals surface area contributed by atoms with Crippen molar-refractivity contribution in [3.8, 4) is 0 Å². The highest BCUT2D eigenvalue weighted by Gasteiger charge is 2.35. The minimum absolute atomic E-state index is 0.202. The molecule has 1 atom stereocenters. The third-order valence-corrected chi connectivity index (χ3v) is 6.30. The number of allylic oxidation sites excluding steroid dienone is 1. The van der Waals surface area contributed by atoms with Crippen molar-refractivity contribution >= 4 is 34.3 Å². The van der Waals surface area contributed by atoms with Gasteiger partial charge in [0.2, 0.25) is 0 Å². The Morgan fingerprint density at radius 2 is 1.96 bits per heavy atom. The van der Waals surface area contributed by atoms with Gasteiger partial charge in [-0.3, -0.25) is 4.90 Å². The molecule has 2 aromatic carbocycles. The number of fused-ring (bicyclic) bond motifs is 5. The first-order valence-corrected chi connectivity index (χ1v) is 10.0. The van der Waals surface area contributed by atoms with E-state index in [0.29, 0.717) is 6.04 Å². The monoisotopic (exact) mass is 380 g/mol. The maximum Gasteiger partial charge on any atom is 0.123 e. The molecule has 0 N–H and O–H groups in total. The normalized spacial score (nSPS) is 20.1. The molecule has 0 amide bonds. The topological polar surface area (TPSA) is 8.17 Å². The molecule has 4 heteroatoms. The molecule has 0 aliphatic carbocycles. The zero-order valence-corrected chi connectivity index (χ0v) is 16.1. The molecule has 138 valence electrons. The fourth-order valence-electron chi connectivity index (χ4n) is 4.79. The van der Waals surface area contributed by atoms with Crippen LogP contribution in [-0.2, 0) is 6.42 Å². The third-order valence-electron chi connectivity index (χ3n) is 6.07. The standard InChI is InChI=1S/C23H22ClFN2/c1-15(16-4-7-18(25)8-5-16)14-27-20-9-6-17(24)13-19(20)23-21-3-2-11-26(21)12-10-22(23)27/h4-9,13-14,21H,2-3,10-12H2,1H3/b15-14+. The minimum atomic E-state index is -0.202. The summed E-state index contributed by atoms with van der Waals surface area (Å²) in [6, 6.07) is 13.5. The van der Waals surface area contributed by atoms with E-state index < -0.39 is 0 Å². The summed E-state index contributed by atoms with van der Waals surface area (Å²) >= 11 is 6.36. The highest BCUT2D eigenvalue weighted by atomic mass is 35.5. The zero-order chi connectivity index (χ0) is 18.5. The van der Waals surface area contributed by atoms with E-state index in [2.05, 4.69) is 34.7 Å². The van der Waals surface area contributed by atoms with E-state index in [9.17, 15) is 4.39 Å². The summed E-state index contributed by atoms with van der Waals surface area (Å²) in [5, 5.41) is 2.06. The van der Waals surface area contributed by atoms with Crippen LogP contribution in [0.15, 0.2) is 42.5 Å². The van der Waals surface area contributed by atoms with Gasteiger partial charge in [0.25, 0.3) is 0 Å². The van der Waals surface area contributed by atoms with E-state index in [1.165, 1.54) is 53.7 Å². The molecule has 3 heterocycles. The molecule has 0 radical (unpaired) electrons. The molecule has 0 saturated carbocycles. The maximum atomic E-state index is 13.3. The van der Waals surface area contributed by atoms with Crippen molar-refractivity contribution in [3.05, 3.63) is 70.1 Å². The summed E-state index contributed by atoms with van der Waals surface area (Å²) in [4.78, 5) is 2.61. The lowest BCUT2D eigenvalue weighted by Gasteiger charge is -2.30. The van der Waals surface area contributed by atoms with Crippen LogP contribution in [0.25, 0.3) is 22.7 Å². The smallest absolute Gasteiger partial charge is 0.123 e. The molecule has 3 aromatic rings. The van der Waals surface area contributed by atoms with Crippen molar-refractivity contribution in [2.75, 3.05) is 13.1 Å². The molecule has 0 bridgehead atoms. The van der Waals surface area contributed by atoms with E-state index >= 15 is 0 Å². The lowest BCUT2D eigenvalue weighted by molar-refractivity contribution is 0.243. The third kappa shape index (κ3) is 2.81. The van der Waals surface area contributed by atoms with Gasteiger partial charge in [-0.05, 0) is 73.3 Å². The summed E-state index contributed by atoms with van der Waals surface area (Å²) in [7, 11) is 0. The molecule has 1 unspecified atom stereocenters. The van der Waals surface area contributed by atoms with Gasteiger partial charge in [-0.1, -0.05) is 23.7 Å². The molecular weight excluding hydrogens is 359 g/mol. The van der Waals surface area contributed by atoms with Crippen molar-refractivity contribution in [3.63, 3.8) is 0 Å². The van der Waals surface area contributed by atoms with Crippen LogP contribution in [0.1, 0.15) is 42.6 Å². The average molecular weight is 381 g/mol. The van der Waals surface area contributed by atoms with Gasteiger partial charge < -0.3 is 4.57 Å². The van der Waals surface area contributed by atoms with Crippen molar-refractivity contribution in [2.45, 2.75) is 32.2 Å². The van der Waals surface area contributed by atoms with Crippen molar-refractivity contribution in [2.24, 2.45) is 0 Å². The first kappa shape index (κ1) is 17.0. The lowest BCUT2D eigenvalue weighted by atomic mass is 9.96. The van der Waals surface area contributed by atoms with Crippen LogP contribution >= 0.6 is 11.6 Å². The van der Waals surface area contributed by atoms with Gasteiger partial charge in [0.05, 0.1) is 5.52 Å². The predicted octanol–water partition coefficient (Wildman–Crippen LogP) is 6.14.